The van der Waals surface area contributed by atoms with Gasteiger partial charge >= 0.3 is 0 Å². The van der Waals surface area contributed by atoms with E-state index in [0.29, 0.717) is 12.0 Å². The van der Waals surface area contributed by atoms with Crippen LogP contribution in [0.1, 0.15) is 25.7 Å². The Morgan fingerprint density at radius 1 is 1.18 bits per heavy atom. The highest BCUT2D eigenvalue weighted by molar-refractivity contribution is 4.86. The molecule has 1 aliphatic carbocycles. The fourth-order valence-electron chi connectivity index (χ4n) is 2.07. The summed E-state index contributed by atoms with van der Waals surface area (Å²) < 4.78 is 5.32. The summed E-state index contributed by atoms with van der Waals surface area (Å²) >= 11 is 0. The van der Waals surface area contributed by atoms with Gasteiger partial charge in [0.25, 0.3) is 0 Å². The van der Waals surface area contributed by atoms with Crippen molar-refractivity contribution in [3.05, 3.63) is 0 Å². The minimum Gasteiger partial charge on any atom is -0.381 e. The van der Waals surface area contributed by atoms with Gasteiger partial charge in [-0.05, 0) is 31.1 Å². The lowest BCUT2D eigenvalue weighted by Gasteiger charge is -2.34. The average Bonchev–Trinajstić information content (AvgIpc) is 2.32. The zero-order valence-corrected chi connectivity index (χ0v) is 6.96. The lowest BCUT2D eigenvalue weighted by molar-refractivity contribution is 0.156. The number of nitrogens with two attached hydrogens (primary N) is 1. The van der Waals surface area contributed by atoms with Gasteiger partial charge in [0.2, 0.25) is 0 Å². The van der Waals surface area contributed by atoms with Crippen molar-refractivity contribution in [3.63, 3.8) is 0 Å². The first-order chi connectivity index (χ1) is 5.38. The van der Waals surface area contributed by atoms with E-state index in [-0.39, 0.29) is 0 Å². The Labute approximate surface area is 68.1 Å². The van der Waals surface area contributed by atoms with Crippen LogP contribution in [-0.2, 0) is 4.74 Å². The van der Waals surface area contributed by atoms with Crippen molar-refractivity contribution in [2.45, 2.75) is 31.7 Å². The van der Waals surface area contributed by atoms with E-state index in [1.54, 1.807) is 0 Å². The summed E-state index contributed by atoms with van der Waals surface area (Å²) in [4.78, 5) is 0. The van der Waals surface area contributed by atoms with E-state index in [1.807, 2.05) is 0 Å². The fraction of sp³-hybridized carbons (Fsp3) is 1.00. The van der Waals surface area contributed by atoms with Gasteiger partial charge in [-0.3, -0.25) is 0 Å². The Kier molecular flexibility index (Phi) is 2.14. The largest absolute Gasteiger partial charge is 0.381 e. The molecule has 2 rings (SSSR count). The van der Waals surface area contributed by atoms with Crippen molar-refractivity contribution in [1.29, 1.82) is 0 Å². The van der Waals surface area contributed by atoms with Crippen molar-refractivity contribution in [3.8, 4) is 0 Å². The van der Waals surface area contributed by atoms with Crippen LogP contribution in [-0.4, -0.2) is 19.3 Å². The predicted octanol–water partition coefficient (Wildman–Crippen LogP) is 1.15. The standard InChI is InChI=1S/C9H17NO/c10-9(7-2-1-3-7)8-4-5-11-6-8/h7-9H,1-6,10H2/t8-,9+/m0/s1. The highest BCUT2D eigenvalue weighted by Gasteiger charge is 2.32. The van der Waals surface area contributed by atoms with Gasteiger partial charge in [-0.2, -0.15) is 0 Å². The molecule has 2 heteroatoms. The van der Waals surface area contributed by atoms with E-state index in [9.17, 15) is 0 Å². The Bertz CT molecular complexity index is 128. The zero-order chi connectivity index (χ0) is 7.68. The molecule has 0 amide bonds. The van der Waals surface area contributed by atoms with E-state index < -0.39 is 0 Å². The lowest BCUT2D eigenvalue weighted by atomic mass is 9.75. The van der Waals surface area contributed by atoms with Gasteiger partial charge in [-0.1, -0.05) is 6.42 Å². The molecule has 0 aromatic heterocycles. The van der Waals surface area contributed by atoms with Crippen LogP contribution in [0, 0.1) is 11.8 Å². The molecule has 1 heterocycles. The molecule has 0 aromatic rings. The smallest absolute Gasteiger partial charge is 0.0510 e. The van der Waals surface area contributed by atoms with Crippen molar-refractivity contribution >= 4 is 0 Å². The van der Waals surface area contributed by atoms with Crippen LogP contribution in [0.25, 0.3) is 0 Å². The molecule has 0 spiro atoms. The Morgan fingerprint density at radius 3 is 2.45 bits per heavy atom. The average molecular weight is 155 g/mol. The summed E-state index contributed by atoms with van der Waals surface area (Å²) in [5.74, 6) is 1.49. The second kappa shape index (κ2) is 3.11. The summed E-state index contributed by atoms with van der Waals surface area (Å²) in [6, 6.07) is 0.436. The Morgan fingerprint density at radius 2 is 2.00 bits per heavy atom. The summed E-state index contributed by atoms with van der Waals surface area (Å²) in [5, 5.41) is 0. The first-order valence-corrected chi connectivity index (χ1v) is 4.71. The van der Waals surface area contributed by atoms with Crippen LogP contribution in [0.15, 0.2) is 0 Å². The van der Waals surface area contributed by atoms with Crippen LogP contribution in [0.5, 0.6) is 0 Å². The molecule has 2 N–H and O–H groups in total. The normalized spacial score (nSPS) is 35.2. The molecular weight excluding hydrogens is 138 g/mol. The van der Waals surface area contributed by atoms with Crippen molar-refractivity contribution in [2.24, 2.45) is 17.6 Å². The lowest BCUT2D eigenvalue weighted by Crippen LogP contribution is -2.41. The molecule has 1 saturated carbocycles. The highest BCUT2D eigenvalue weighted by atomic mass is 16.5. The summed E-state index contributed by atoms with van der Waals surface area (Å²) in [6.07, 6.45) is 5.30. The molecule has 0 bridgehead atoms. The van der Waals surface area contributed by atoms with Gasteiger partial charge in [-0.25, -0.2) is 0 Å². The van der Waals surface area contributed by atoms with Crippen LogP contribution < -0.4 is 5.73 Å². The monoisotopic (exact) mass is 155 g/mol. The molecule has 0 radical (unpaired) electrons. The summed E-state index contributed by atoms with van der Waals surface area (Å²) in [5.41, 5.74) is 6.10. The molecule has 0 aromatic carbocycles. The second-order valence-electron chi connectivity index (χ2n) is 3.89. The van der Waals surface area contributed by atoms with Crippen LogP contribution >= 0.6 is 0 Å². The number of hydrogen-bond donors (Lipinski definition) is 1. The van der Waals surface area contributed by atoms with Gasteiger partial charge in [-0.15, -0.1) is 0 Å². The maximum Gasteiger partial charge on any atom is 0.0510 e. The molecule has 11 heavy (non-hydrogen) atoms. The summed E-state index contributed by atoms with van der Waals surface area (Å²) in [6.45, 7) is 1.85. The molecule has 1 aliphatic heterocycles. The van der Waals surface area contributed by atoms with Gasteiger partial charge in [0.15, 0.2) is 0 Å². The quantitative estimate of drug-likeness (QED) is 0.649. The molecule has 1 saturated heterocycles. The van der Waals surface area contributed by atoms with Gasteiger partial charge in [0.05, 0.1) is 6.61 Å². The Balaban J connectivity index is 1.82. The molecule has 64 valence electrons. The van der Waals surface area contributed by atoms with Crippen LogP contribution in [0.4, 0.5) is 0 Å². The molecule has 2 nitrogen and oxygen atoms in total. The maximum atomic E-state index is 6.10. The second-order valence-corrected chi connectivity index (χ2v) is 3.89. The van der Waals surface area contributed by atoms with Crippen molar-refractivity contribution in [2.75, 3.05) is 13.2 Å². The molecule has 2 fully saturated rings. The number of hydrogen-bond acceptors (Lipinski definition) is 2. The minimum absolute atomic E-state index is 0.436. The first-order valence-electron chi connectivity index (χ1n) is 4.71. The third kappa shape index (κ3) is 1.42. The van der Waals surface area contributed by atoms with Crippen LogP contribution in [0.3, 0.4) is 0 Å². The van der Waals surface area contributed by atoms with E-state index in [1.165, 1.54) is 25.7 Å². The number of ether oxygens (including phenoxy) is 1. The van der Waals surface area contributed by atoms with Gasteiger partial charge in [0, 0.05) is 12.6 Å². The van der Waals surface area contributed by atoms with Gasteiger partial charge < -0.3 is 10.5 Å². The van der Waals surface area contributed by atoms with Crippen molar-refractivity contribution < 1.29 is 4.74 Å². The topological polar surface area (TPSA) is 35.2 Å². The maximum absolute atomic E-state index is 6.10. The van der Waals surface area contributed by atoms with Crippen LogP contribution in [0.2, 0.25) is 0 Å². The third-order valence-corrected chi connectivity index (χ3v) is 3.20. The highest BCUT2D eigenvalue weighted by Crippen LogP contribution is 2.33. The SMILES string of the molecule is N[C@H](C1CCC1)[C@H]1CCOC1. The van der Waals surface area contributed by atoms with E-state index in [4.69, 9.17) is 10.5 Å². The summed E-state index contributed by atoms with van der Waals surface area (Å²) in [7, 11) is 0. The third-order valence-electron chi connectivity index (χ3n) is 3.20. The minimum atomic E-state index is 0.436. The molecule has 2 aliphatic rings. The van der Waals surface area contributed by atoms with Gasteiger partial charge in [0.1, 0.15) is 0 Å². The molecule has 0 unspecified atom stereocenters. The van der Waals surface area contributed by atoms with E-state index in [2.05, 4.69) is 0 Å². The Hall–Kier alpha value is -0.0800. The molecule has 2 atom stereocenters. The van der Waals surface area contributed by atoms with E-state index in [0.717, 1.165) is 19.1 Å². The zero-order valence-electron chi connectivity index (χ0n) is 6.96. The first kappa shape index (κ1) is 7.56. The van der Waals surface area contributed by atoms with Crippen molar-refractivity contribution in [1.82, 2.24) is 0 Å². The van der Waals surface area contributed by atoms with E-state index >= 15 is 0 Å². The number of rotatable bonds is 2. The molecular formula is C9H17NO. The fourth-order valence-corrected chi connectivity index (χ4v) is 2.07. The predicted molar refractivity (Wildman–Crippen MR) is 44.2 cm³/mol.